The number of methoxy groups -OCH3 is 1. The summed E-state index contributed by atoms with van der Waals surface area (Å²) in [4.78, 5) is 12.4. The predicted molar refractivity (Wildman–Crippen MR) is 67.6 cm³/mol. The van der Waals surface area contributed by atoms with E-state index in [4.69, 9.17) is 4.74 Å². The van der Waals surface area contributed by atoms with Gasteiger partial charge in [0, 0.05) is 24.5 Å². The maximum absolute atomic E-state index is 5.14. The smallest absolute Gasteiger partial charge is 0.221 e. The van der Waals surface area contributed by atoms with E-state index in [2.05, 4.69) is 20.3 Å². The molecule has 0 aliphatic carbocycles. The van der Waals surface area contributed by atoms with E-state index in [9.17, 15) is 0 Å². The summed E-state index contributed by atoms with van der Waals surface area (Å²) in [6.45, 7) is 2.74. The number of hydrogen-bond donors (Lipinski definition) is 1. The first kappa shape index (κ1) is 11.8. The molecule has 0 fully saturated rings. The van der Waals surface area contributed by atoms with Crippen LogP contribution in [0.4, 0.5) is 5.82 Å². The van der Waals surface area contributed by atoms with Crippen LogP contribution in [0.5, 0.6) is 5.88 Å². The number of thiazole rings is 1. The highest BCUT2D eigenvalue weighted by Crippen LogP contribution is 2.19. The maximum atomic E-state index is 5.14. The summed E-state index contributed by atoms with van der Waals surface area (Å²) in [6, 6.07) is 0. The van der Waals surface area contributed by atoms with E-state index in [1.54, 1.807) is 18.4 Å². The molecule has 17 heavy (non-hydrogen) atoms. The van der Waals surface area contributed by atoms with Gasteiger partial charge in [0.2, 0.25) is 5.88 Å². The zero-order valence-electron chi connectivity index (χ0n) is 9.80. The molecule has 2 heterocycles. The summed E-state index contributed by atoms with van der Waals surface area (Å²) < 4.78 is 5.14. The molecule has 0 aromatic carbocycles. The van der Waals surface area contributed by atoms with Crippen molar-refractivity contribution < 1.29 is 4.74 Å². The Kier molecular flexibility index (Phi) is 3.87. The molecular weight excluding hydrogens is 236 g/mol. The topological polar surface area (TPSA) is 59.9 Å². The Morgan fingerprint density at radius 3 is 2.94 bits per heavy atom. The van der Waals surface area contributed by atoms with E-state index in [0.29, 0.717) is 5.88 Å². The number of aromatic nitrogens is 3. The first-order valence-corrected chi connectivity index (χ1v) is 6.17. The molecule has 1 N–H and O–H groups in total. The monoisotopic (exact) mass is 250 g/mol. The lowest BCUT2D eigenvalue weighted by molar-refractivity contribution is 0.393. The third-order valence-corrected chi connectivity index (χ3v) is 3.19. The lowest BCUT2D eigenvalue weighted by Crippen LogP contribution is -2.08. The molecule has 2 rings (SSSR count). The maximum Gasteiger partial charge on any atom is 0.221 e. The van der Waals surface area contributed by atoms with E-state index in [-0.39, 0.29) is 0 Å². The van der Waals surface area contributed by atoms with Crippen LogP contribution >= 0.6 is 11.3 Å². The van der Waals surface area contributed by atoms with Crippen LogP contribution in [0.25, 0.3) is 0 Å². The van der Waals surface area contributed by atoms with Crippen LogP contribution in [0.15, 0.2) is 17.9 Å². The van der Waals surface area contributed by atoms with Gasteiger partial charge >= 0.3 is 0 Å². The van der Waals surface area contributed by atoms with Gasteiger partial charge < -0.3 is 10.1 Å². The molecule has 0 atom stereocenters. The third kappa shape index (κ3) is 2.91. The zero-order valence-corrected chi connectivity index (χ0v) is 10.6. The quantitative estimate of drug-likeness (QED) is 0.878. The SMILES string of the molecule is COc1ncnc(NCCc2nccs2)c1C. The van der Waals surface area contributed by atoms with Crippen LogP contribution in [-0.2, 0) is 6.42 Å². The van der Waals surface area contributed by atoms with Crippen molar-refractivity contribution in [3.8, 4) is 5.88 Å². The Labute approximate surface area is 104 Å². The summed E-state index contributed by atoms with van der Waals surface area (Å²) in [5, 5.41) is 6.36. The lowest BCUT2D eigenvalue weighted by Gasteiger charge is -2.09. The van der Waals surface area contributed by atoms with Crippen molar-refractivity contribution in [1.82, 2.24) is 15.0 Å². The lowest BCUT2D eigenvalue weighted by atomic mass is 10.3. The number of anilines is 1. The molecule has 0 amide bonds. The van der Waals surface area contributed by atoms with Crippen LogP contribution < -0.4 is 10.1 Å². The van der Waals surface area contributed by atoms with E-state index in [1.165, 1.54) is 6.33 Å². The fourth-order valence-electron chi connectivity index (χ4n) is 1.48. The van der Waals surface area contributed by atoms with E-state index in [0.717, 1.165) is 29.4 Å². The Morgan fingerprint density at radius 1 is 1.35 bits per heavy atom. The average Bonchev–Trinajstić information content (AvgIpc) is 2.84. The summed E-state index contributed by atoms with van der Waals surface area (Å²) >= 11 is 1.66. The van der Waals surface area contributed by atoms with Gasteiger partial charge in [0.05, 0.1) is 17.7 Å². The second-order valence-corrected chi connectivity index (χ2v) is 4.44. The Hall–Kier alpha value is -1.69. The molecule has 0 saturated carbocycles. The normalized spacial score (nSPS) is 10.2. The standard InChI is InChI=1S/C11H14N4OS/c1-8-10(14-7-15-11(8)16-2)13-4-3-9-12-5-6-17-9/h5-7H,3-4H2,1-2H3,(H,13,14,15). The number of hydrogen-bond acceptors (Lipinski definition) is 6. The molecule has 5 nitrogen and oxygen atoms in total. The fourth-order valence-corrected chi connectivity index (χ4v) is 2.10. The Balaban J connectivity index is 1.95. The highest BCUT2D eigenvalue weighted by molar-refractivity contribution is 7.09. The largest absolute Gasteiger partial charge is 0.481 e. The minimum Gasteiger partial charge on any atom is -0.481 e. The molecule has 2 aromatic rings. The van der Waals surface area contributed by atoms with Gasteiger partial charge in [0.1, 0.15) is 12.1 Å². The van der Waals surface area contributed by atoms with Crippen molar-refractivity contribution in [1.29, 1.82) is 0 Å². The molecule has 90 valence electrons. The summed E-state index contributed by atoms with van der Waals surface area (Å²) in [6.07, 6.45) is 4.21. The van der Waals surface area contributed by atoms with Gasteiger partial charge in [-0.3, -0.25) is 0 Å². The first-order chi connectivity index (χ1) is 8.31. The van der Waals surface area contributed by atoms with Crippen molar-refractivity contribution >= 4 is 17.2 Å². The highest BCUT2D eigenvalue weighted by atomic mass is 32.1. The van der Waals surface area contributed by atoms with Crippen molar-refractivity contribution in [3.05, 3.63) is 28.5 Å². The van der Waals surface area contributed by atoms with E-state index < -0.39 is 0 Å². The summed E-state index contributed by atoms with van der Waals surface area (Å²) in [5.41, 5.74) is 0.925. The molecule has 0 saturated heterocycles. The first-order valence-electron chi connectivity index (χ1n) is 5.29. The van der Waals surface area contributed by atoms with Crippen molar-refractivity contribution in [2.75, 3.05) is 19.0 Å². The minimum atomic E-state index is 0.608. The van der Waals surface area contributed by atoms with Crippen LogP contribution in [0.3, 0.4) is 0 Å². The number of ether oxygens (including phenoxy) is 1. The van der Waals surface area contributed by atoms with Crippen molar-refractivity contribution in [2.45, 2.75) is 13.3 Å². The average molecular weight is 250 g/mol. The van der Waals surface area contributed by atoms with Gasteiger partial charge in [-0.2, -0.15) is 0 Å². The van der Waals surface area contributed by atoms with Gasteiger partial charge in [-0.1, -0.05) is 0 Å². The Morgan fingerprint density at radius 2 is 2.24 bits per heavy atom. The van der Waals surface area contributed by atoms with Crippen LogP contribution in [0.2, 0.25) is 0 Å². The third-order valence-electron chi connectivity index (χ3n) is 2.35. The molecule has 0 radical (unpaired) electrons. The van der Waals surface area contributed by atoms with E-state index in [1.807, 2.05) is 18.5 Å². The van der Waals surface area contributed by atoms with Crippen LogP contribution in [0.1, 0.15) is 10.6 Å². The molecule has 0 aliphatic rings. The molecule has 6 heteroatoms. The minimum absolute atomic E-state index is 0.608. The van der Waals surface area contributed by atoms with Gasteiger partial charge in [-0.15, -0.1) is 11.3 Å². The summed E-state index contributed by atoms with van der Waals surface area (Å²) in [7, 11) is 1.61. The number of rotatable bonds is 5. The van der Waals surface area contributed by atoms with Gasteiger partial charge in [0.15, 0.2) is 0 Å². The zero-order chi connectivity index (χ0) is 12.1. The fraction of sp³-hybridized carbons (Fsp3) is 0.364. The van der Waals surface area contributed by atoms with Crippen LogP contribution in [-0.4, -0.2) is 28.6 Å². The van der Waals surface area contributed by atoms with Gasteiger partial charge in [-0.05, 0) is 6.92 Å². The van der Waals surface area contributed by atoms with Crippen molar-refractivity contribution in [3.63, 3.8) is 0 Å². The van der Waals surface area contributed by atoms with Gasteiger partial charge in [0.25, 0.3) is 0 Å². The number of nitrogens with zero attached hydrogens (tertiary/aromatic N) is 3. The Bertz CT molecular complexity index is 472. The molecule has 0 unspecified atom stereocenters. The van der Waals surface area contributed by atoms with E-state index >= 15 is 0 Å². The predicted octanol–water partition coefficient (Wildman–Crippen LogP) is 1.90. The molecular formula is C11H14N4OS. The molecule has 0 aliphatic heterocycles. The van der Waals surface area contributed by atoms with Gasteiger partial charge in [-0.25, -0.2) is 15.0 Å². The van der Waals surface area contributed by atoms with Crippen molar-refractivity contribution in [2.24, 2.45) is 0 Å². The highest BCUT2D eigenvalue weighted by Gasteiger charge is 2.06. The second-order valence-electron chi connectivity index (χ2n) is 3.46. The molecule has 2 aromatic heterocycles. The molecule has 0 bridgehead atoms. The van der Waals surface area contributed by atoms with Crippen LogP contribution in [0, 0.1) is 6.92 Å². The summed E-state index contributed by atoms with van der Waals surface area (Å²) in [5.74, 6) is 1.42. The molecule has 0 spiro atoms. The second kappa shape index (κ2) is 5.58. The number of nitrogens with one attached hydrogen (secondary N) is 1.